The van der Waals surface area contributed by atoms with Gasteiger partial charge in [-0.15, -0.1) is 0 Å². The van der Waals surface area contributed by atoms with Gasteiger partial charge in [0.15, 0.2) is 0 Å². The van der Waals surface area contributed by atoms with Crippen molar-refractivity contribution in [2.75, 3.05) is 0 Å². The van der Waals surface area contributed by atoms with Gasteiger partial charge >= 0.3 is 0 Å². The van der Waals surface area contributed by atoms with Crippen molar-refractivity contribution in [3.05, 3.63) is 54.4 Å². The lowest BCUT2D eigenvalue weighted by Crippen LogP contribution is -2.16. The molecular formula is C11H12FN3. The highest BCUT2D eigenvalue weighted by molar-refractivity contribution is 5.19. The van der Waals surface area contributed by atoms with E-state index in [0.717, 1.165) is 5.56 Å². The molecule has 2 N–H and O–H groups in total. The van der Waals surface area contributed by atoms with E-state index < -0.39 is 0 Å². The number of imidazole rings is 1. The van der Waals surface area contributed by atoms with E-state index in [1.807, 2.05) is 16.8 Å². The van der Waals surface area contributed by atoms with Gasteiger partial charge in [-0.1, -0.05) is 12.1 Å². The van der Waals surface area contributed by atoms with Crippen LogP contribution >= 0.6 is 0 Å². The smallest absolute Gasteiger partial charge is 0.123 e. The molecule has 0 aliphatic rings. The van der Waals surface area contributed by atoms with Gasteiger partial charge in [-0.2, -0.15) is 0 Å². The first-order valence-electron chi connectivity index (χ1n) is 4.72. The van der Waals surface area contributed by atoms with Crippen molar-refractivity contribution in [3.63, 3.8) is 0 Å². The van der Waals surface area contributed by atoms with Gasteiger partial charge in [-0.05, 0) is 17.7 Å². The molecule has 0 aliphatic heterocycles. The fraction of sp³-hybridized carbons (Fsp3) is 0.182. The summed E-state index contributed by atoms with van der Waals surface area (Å²) in [6.07, 6.45) is 5.22. The van der Waals surface area contributed by atoms with Crippen molar-refractivity contribution < 1.29 is 4.39 Å². The molecule has 0 spiro atoms. The number of nitrogens with zero attached hydrogens (tertiary/aromatic N) is 2. The van der Waals surface area contributed by atoms with E-state index in [1.165, 1.54) is 12.1 Å². The zero-order chi connectivity index (χ0) is 10.7. The molecule has 0 saturated carbocycles. The summed E-state index contributed by atoms with van der Waals surface area (Å²) in [5.74, 6) is -0.256. The summed E-state index contributed by atoms with van der Waals surface area (Å²) in [7, 11) is 0. The van der Waals surface area contributed by atoms with Crippen molar-refractivity contribution >= 4 is 0 Å². The van der Waals surface area contributed by atoms with E-state index in [4.69, 9.17) is 5.73 Å². The van der Waals surface area contributed by atoms with Crippen LogP contribution in [0.4, 0.5) is 4.39 Å². The number of aromatic nitrogens is 2. The molecule has 0 radical (unpaired) electrons. The molecule has 1 unspecified atom stereocenters. The van der Waals surface area contributed by atoms with Crippen LogP contribution in [0.3, 0.4) is 0 Å². The van der Waals surface area contributed by atoms with Crippen LogP contribution in [-0.4, -0.2) is 9.55 Å². The van der Waals surface area contributed by atoms with E-state index in [2.05, 4.69) is 4.98 Å². The summed E-state index contributed by atoms with van der Waals surface area (Å²) in [5.41, 5.74) is 6.73. The van der Waals surface area contributed by atoms with Crippen molar-refractivity contribution in [2.45, 2.75) is 12.6 Å². The predicted octanol–water partition coefficient (Wildman–Crippen LogP) is 1.72. The zero-order valence-corrected chi connectivity index (χ0v) is 8.18. The summed E-state index contributed by atoms with van der Waals surface area (Å²) >= 11 is 0. The molecule has 0 aliphatic carbocycles. The molecule has 15 heavy (non-hydrogen) atoms. The minimum Gasteiger partial charge on any atom is -0.336 e. The first-order chi connectivity index (χ1) is 7.25. The van der Waals surface area contributed by atoms with E-state index in [9.17, 15) is 4.39 Å². The number of hydrogen-bond acceptors (Lipinski definition) is 2. The van der Waals surface area contributed by atoms with Crippen LogP contribution in [0, 0.1) is 5.82 Å². The van der Waals surface area contributed by atoms with Crippen molar-refractivity contribution in [3.8, 4) is 0 Å². The number of benzene rings is 1. The van der Waals surface area contributed by atoms with Gasteiger partial charge < -0.3 is 10.3 Å². The largest absolute Gasteiger partial charge is 0.336 e. The maximum atomic E-state index is 12.9. The fourth-order valence-corrected chi connectivity index (χ4v) is 1.46. The summed E-state index contributed by atoms with van der Waals surface area (Å²) in [4.78, 5) is 3.92. The monoisotopic (exact) mass is 205 g/mol. The van der Waals surface area contributed by atoms with E-state index >= 15 is 0 Å². The third kappa shape index (κ3) is 2.41. The maximum Gasteiger partial charge on any atom is 0.123 e. The summed E-state index contributed by atoms with van der Waals surface area (Å²) < 4.78 is 14.8. The highest BCUT2D eigenvalue weighted by Crippen LogP contribution is 2.13. The third-order valence-electron chi connectivity index (χ3n) is 2.24. The van der Waals surface area contributed by atoms with E-state index in [0.29, 0.717) is 6.54 Å². The van der Waals surface area contributed by atoms with Crippen LogP contribution in [0.1, 0.15) is 11.6 Å². The average Bonchev–Trinajstić information content (AvgIpc) is 2.70. The molecule has 1 aromatic heterocycles. The van der Waals surface area contributed by atoms with Gasteiger partial charge in [0, 0.05) is 25.0 Å². The molecular weight excluding hydrogens is 193 g/mol. The van der Waals surface area contributed by atoms with Crippen molar-refractivity contribution in [2.24, 2.45) is 5.73 Å². The number of halogens is 1. The van der Waals surface area contributed by atoms with Crippen LogP contribution in [0.15, 0.2) is 43.0 Å². The highest BCUT2D eigenvalue weighted by atomic mass is 19.1. The lowest BCUT2D eigenvalue weighted by molar-refractivity contribution is 0.567. The van der Waals surface area contributed by atoms with Crippen LogP contribution in [0.25, 0.3) is 0 Å². The molecule has 4 heteroatoms. The topological polar surface area (TPSA) is 43.8 Å². The van der Waals surface area contributed by atoms with E-state index in [1.54, 1.807) is 18.6 Å². The second kappa shape index (κ2) is 4.23. The Balaban J connectivity index is 2.11. The van der Waals surface area contributed by atoms with Crippen LogP contribution < -0.4 is 5.73 Å². The minimum absolute atomic E-state index is 0.213. The molecule has 0 saturated heterocycles. The van der Waals surface area contributed by atoms with Gasteiger partial charge in [0.05, 0.1) is 6.33 Å². The fourth-order valence-electron chi connectivity index (χ4n) is 1.46. The molecule has 3 nitrogen and oxygen atoms in total. The Morgan fingerprint density at radius 3 is 3.00 bits per heavy atom. The van der Waals surface area contributed by atoms with Gasteiger partial charge in [0.1, 0.15) is 5.82 Å². The summed E-state index contributed by atoms with van der Waals surface area (Å²) in [6, 6.07) is 6.15. The molecule has 0 bridgehead atoms. The normalized spacial score (nSPS) is 12.7. The third-order valence-corrected chi connectivity index (χ3v) is 2.24. The van der Waals surface area contributed by atoms with E-state index in [-0.39, 0.29) is 11.9 Å². The Morgan fingerprint density at radius 2 is 2.33 bits per heavy atom. The molecule has 1 atom stereocenters. The standard InChI is InChI=1S/C11H12FN3/c12-10-3-1-2-9(6-10)11(13)7-15-5-4-14-8-15/h1-6,8,11H,7,13H2. The molecule has 2 rings (SSSR count). The predicted molar refractivity (Wildman–Crippen MR) is 55.6 cm³/mol. The van der Waals surface area contributed by atoms with Gasteiger partial charge in [-0.3, -0.25) is 0 Å². The molecule has 0 amide bonds. The number of hydrogen-bond donors (Lipinski definition) is 1. The van der Waals surface area contributed by atoms with Gasteiger partial charge in [0.25, 0.3) is 0 Å². The lowest BCUT2D eigenvalue weighted by atomic mass is 10.1. The van der Waals surface area contributed by atoms with Crippen LogP contribution in [-0.2, 0) is 6.54 Å². The van der Waals surface area contributed by atoms with Crippen molar-refractivity contribution in [1.29, 1.82) is 0 Å². The molecule has 1 heterocycles. The Morgan fingerprint density at radius 1 is 1.47 bits per heavy atom. The maximum absolute atomic E-state index is 12.9. The first kappa shape index (κ1) is 9.86. The first-order valence-corrected chi connectivity index (χ1v) is 4.72. The molecule has 78 valence electrons. The quantitative estimate of drug-likeness (QED) is 0.829. The number of rotatable bonds is 3. The molecule has 2 aromatic rings. The lowest BCUT2D eigenvalue weighted by Gasteiger charge is -2.12. The summed E-state index contributed by atoms with van der Waals surface area (Å²) in [5, 5.41) is 0. The molecule has 1 aromatic carbocycles. The Bertz CT molecular complexity index is 425. The Kier molecular flexibility index (Phi) is 2.78. The molecule has 0 fully saturated rings. The second-order valence-electron chi connectivity index (χ2n) is 3.42. The van der Waals surface area contributed by atoms with Crippen molar-refractivity contribution in [1.82, 2.24) is 9.55 Å². The van der Waals surface area contributed by atoms with Crippen LogP contribution in [0.2, 0.25) is 0 Å². The second-order valence-corrected chi connectivity index (χ2v) is 3.42. The summed E-state index contributed by atoms with van der Waals surface area (Å²) in [6.45, 7) is 0.601. The van der Waals surface area contributed by atoms with Gasteiger partial charge in [0.2, 0.25) is 0 Å². The zero-order valence-electron chi connectivity index (χ0n) is 8.18. The average molecular weight is 205 g/mol. The SMILES string of the molecule is NC(Cn1ccnc1)c1cccc(F)c1. The Hall–Kier alpha value is -1.68. The van der Waals surface area contributed by atoms with Gasteiger partial charge in [-0.25, -0.2) is 9.37 Å². The Labute approximate surface area is 87.4 Å². The minimum atomic E-state index is -0.256. The highest BCUT2D eigenvalue weighted by Gasteiger charge is 2.06. The number of nitrogens with two attached hydrogens (primary N) is 1. The van der Waals surface area contributed by atoms with Crippen LogP contribution in [0.5, 0.6) is 0 Å².